The Hall–Kier alpha value is -0.860. The number of nitriles is 1. The number of halogens is 1. The van der Waals surface area contributed by atoms with Gasteiger partial charge in [0, 0.05) is 39.9 Å². The fourth-order valence-electron chi connectivity index (χ4n) is 1.77. The lowest BCUT2D eigenvalue weighted by Gasteiger charge is -2.29. The van der Waals surface area contributed by atoms with Gasteiger partial charge in [-0.25, -0.2) is 0 Å². The summed E-state index contributed by atoms with van der Waals surface area (Å²) in [4.78, 5) is 2.13. The Morgan fingerprint density at radius 3 is 2.69 bits per heavy atom. The number of hydrogen-bond acceptors (Lipinski definition) is 3. The fraction of sp³-hybridized carbons (Fsp3) is 0.364. The first-order valence-corrected chi connectivity index (χ1v) is 7.29. The first kappa shape index (κ1) is 11.6. The minimum absolute atomic E-state index is 0.662. The number of rotatable bonds is 1. The summed E-state index contributed by atoms with van der Waals surface area (Å²) in [5.41, 5.74) is 1.60. The molecule has 1 aliphatic rings. The lowest BCUT2D eigenvalue weighted by Crippen LogP contribution is -2.38. The highest BCUT2D eigenvalue weighted by Gasteiger charge is 2.18. The molecule has 0 spiro atoms. The molecular weight excluding hydrogens is 288 g/mol. The molecule has 1 aromatic carbocycles. The lowest BCUT2D eigenvalue weighted by molar-refractivity contribution is 0.673. The molecule has 0 N–H and O–H groups in total. The van der Waals surface area contributed by atoms with Gasteiger partial charge in [-0.05, 0) is 28.1 Å². The summed E-state index contributed by atoms with van der Waals surface area (Å²) in [6.07, 6.45) is 0. The van der Waals surface area contributed by atoms with Crippen LogP contribution in [-0.2, 0) is 10.8 Å². The smallest absolute Gasteiger partial charge is 0.103 e. The predicted octanol–water partition coefficient (Wildman–Crippen LogP) is 1.89. The zero-order chi connectivity index (χ0) is 11.5. The summed E-state index contributed by atoms with van der Waals surface area (Å²) >= 11 is 3.38. The molecule has 5 heteroatoms. The topological polar surface area (TPSA) is 44.1 Å². The maximum atomic E-state index is 11.3. The zero-order valence-corrected chi connectivity index (χ0v) is 11.1. The third kappa shape index (κ3) is 2.28. The van der Waals surface area contributed by atoms with Crippen molar-refractivity contribution in [3.05, 3.63) is 28.2 Å². The van der Waals surface area contributed by atoms with E-state index >= 15 is 0 Å². The molecule has 16 heavy (non-hydrogen) atoms. The minimum Gasteiger partial charge on any atom is -0.369 e. The van der Waals surface area contributed by atoms with E-state index in [1.807, 2.05) is 18.2 Å². The monoisotopic (exact) mass is 298 g/mol. The summed E-state index contributed by atoms with van der Waals surface area (Å²) < 4.78 is 12.1. The van der Waals surface area contributed by atoms with E-state index in [0.29, 0.717) is 17.1 Å². The van der Waals surface area contributed by atoms with Gasteiger partial charge in [0.2, 0.25) is 0 Å². The summed E-state index contributed by atoms with van der Waals surface area (Å²) in [5, 5.41) is 9.12. The van der Waals surface area contributed by atoms with Crippen LogP contribution in [0.5, 0.6) is 0 Å². The van der Waals surface area contributed by atoms with E-state index in [1.54, 1.807) is 0 Å². The average Bonchev–Trinajstić information content (AvgIpc) is 2.30. The Labute approximate surface area is 106 Å². The maximum absolute atomic E-state index is 11.3. The molecule has 1 heterocycles. The van der Waals surface area contributed by atoms with Crippen molar-refractivity contribution < 1.29 is 4.21 Å². The van der Waals surface area contributed by atoms with E-state index in [0.717, 1.165) is 23.2 Å². The summed E-state index contributed by atoms with van der Waals surface area (Å²) in [7, 11) is -0.685. The minimum atomic E-state index is -0.685. The van der Waals surface area contributed by atoms with Crippen LogP contribution in [0.1, 0.15) is 5.56 Å². The maximum Gasteiger partial charge on any atom is 0.103 e. The molecule has 0 aromatic heterocycles. The Balaban J connectivity index is 2.31. The van der Waals surface area contributed by atoms with Crippen LogP contribution < -0.4 is 4.90 Å². The molecule has 0 atom stereocenters. The summed E-state index contributed by atoms with van der Waals surface area (Å²) in [5.74, 6) is 1.38. The highest BCUT2D eigenvalue weighted by Crippen LogP contribution is 2.27. The van der Waals surface area contributed by atoms with Gasteiger partial charge in [0.1, 0.15) is 6.07 Å². The molecule has 0 radical (unpaired) electrons. The largest absolute Gasteiger partial charge is 0.369 e. The van der Waals surface area contributed by atoms with E-state index in [1.165, 1.54) is 0 Å². The van der Waals surface area contributed by atoms with Gasteiger partial charge in [-0.3, -0.25) is 4.21 Å². The molecular formula is C11H11BrN2OS. The van der Waals surface area contributed by atoms with Gasteiger partial charge in [0.25, 0.3) is 0 Å². The van der Waals surface area contributed by atoms with Gasteiger partial charge < -0.3 is 4.90 Å². The quantitative estimate of drug-likeness (QED) is 0.795. The average molecular weight is 299 g/mol. The molecule has 0 saturated carbocycles. The van der Waals surface area contributed by atoms with Crippen molar-refractivity contribution in [2.75, 3.05) is 29.5 Å². The standard InChI is InChI=1S/C11H11BrN2OS/c12-10-2-1-3-11(9(10)8-13)14-4-6-16(15)7-5-14/h1-3H,4-7H2. The summed E-state index contributed by atoms with van der Waals surface area (Å²) in [6.45, 7) is 1.52. The molecule has 0 bridgehead atoms. The Bertz CT molecular complexity index is 460. The van der Waals surface area contributed by atoms with Gasteiger partial charge in [-0.15, -0.1) is 0 Å². The van der Waals surface area contributed by atoms with Crippen LogP contribution in [-0.4, -0.2) is 28.8 Å². The fourth-order valence-corrected chi connectivity index (χ4v) is 3.26. The van der Waals surface area contributed by atoms with Gasteiger partial charge in [-0.1, -0.05) is 6.07 Å². The van der Waals surface area contributed by atoms with Crippen LogP contribution in [0.2, 0.25) is 0 Å². The number of hydrogen-bond donors (Lipinski definition) is 0. The van der Waals surface area contributed by atoms with Crippen LogP contribution in [0.4, 0.5) is 5.69 Å². The van der Waals surface area contributed by atoms with E-state index in [-0.39, 0.29) is 0 Å². The Morgan fingerprint density at radius 2 is 2.06 bits per heavy atom. The highest BCUT2D eigenvalue weighted by atomic mass is 79.9. The van der Waals surface area contributed by atoms with E-state index in [9.17, 15) is 4.21 Å². The molecule has 1 saturated heterocycles. The van der Waals surface area contributed by atoms with Gasteiger partial charge in [0.05, 0.1) is 11.3 Å². The van der Waals surface area contributed by atoms with Crippen molar-refractivity contribution in [2.45, 2.75) is 0 Å². The van der Waals surface area contributed by atoms with Crippen LogP contribution in [0.3, 0.4) is 0 Å². The van der Waals surface area contributed by atoms with E-state index < -0.39 is 10.8 Å². The molecule has 2 rings (SSSR count). The first-order valence-electron chi connectivity index (χ1n) is 5.01. The second-order valence-corrected chi connectivity index (χ2v) is 6.13. The van der Waals surface area contributed by atoms with Crippen molar-refractivity contribution in [2.24, 2.45) is 0 Å². The van der Waals surface area contributed by atoms with Crippen molar-refractivity contribution in [1.82, 2.24) is 0 Å². The normalized spacial score (nSPS) is 17.1. The van der Waals surface area contributed by atoms with Crippen LogP contribution in [0.25, 0.3) is 0 Å². The van der Waals surface area contributed by atoms with Gasteiger partial charge in [-0.2, -0.15) is 5.26 Å². The van der Waals surface area contributed by atoms with Crippen molar-refractivity contribution in [3.8, 4) is 6.07 Å². The molecule has 84 valence electrons. The van der Waals surface area contributed by atoms with Gasteiger partial charge >= 0.3 is 0 Å². The number of benzene rings is 1. The first-order chi connectivity index (χ1) is 7.72. The lowest BCUT2D eigenvalue weighted by atomic mass is 10.1. The van der Waals surface area contributed by atoms with Crippen LogP contribution >= 0.6 is 15.9 Å². The highest BCUT2D eigenvalue weighted by molar-refractivity contribution is 9.10. The number of anilines is 1. The van der Waals surface area contributed by atoms with E-state index in [4.69, 9.17) is 5.26 Å². The second-order valence-electron chi connectivity index (χ2n) is 3.58. The Kier molecular flexibility index (Phi) is 3.62. The molecule has 3 nitrogen and oxygen atoms in total. The van der Waals surface area contributed by atoms with Crippen LogP contribution in [0, 0.1) is 11.3 Å². The molecule has 1 aliphatic heterocycles. The van der Waals surface area contributed by atoms with Crippen molar-refractivity contribution in [3.63, 3.8) is 0 Å². The summed E-state index contributed by atoms with van der Waals surface area (Å²) in [6, 6.07) is 7.94. The molecule has 0 aliphatic carbocycles. The molecule has 1 fully saturated rings. The Morgan fingerprint density at radius 1 is 1.38 bits per heavy atom. The molecule has 1 aromatic rings. The van der Waals surface area contributed by atoms with Gasteiger partial charge in [0.15, 0.2) is 0 Å². The SMILES string of the molecule is N#Cc1c(Br)cccc1N1CCS(=O)CC1. The van der Waals surface area contributed by atoms with Crippen molar-refractivity contribution >= 4 is 32.4 Å². The van der Waals surface area contributed by atoms with Crippen molar-refractivity contribution in [1.29, 1.82) is 5.26 Å². The molecule has 0 unspecified atom stereocenters. The number of nitrogens with zero attached hydrogens (tertiary/aromatic N) is 2. The third-order valence-corrected chi connectivity index (χ3v) is 4.56. The molecule has 0 amide bonds. The van der Waals surface area contributed by atoms with Crippen LogP contribution in [0.15, 0.2) is 22.7 Å². The van der Waals surface area contributed by atoms with E-state index in [2.05, 4.69) is 26.9 Å². The zero-order valence-electron chi connectivity index (χ0n) is 8.65. The second kappa shape index (κ2) is 4.98. The predicted molar refractivity (Wildman–Crippen MR) is 68.9 cm³/mol. The third-order valence-electron chi connectivity index (χ3n) is 2.62.